The Kier molecular flexibility index (Phi) is 4.63. The number of H-pyrrole nitrogens is 1. The second-order valence-corrected chi connectivity index (χ2v) is 6.56. The summed E-state index contributed by atoms with van der Waals surface area (Å²) in [6.45, 7) is 1.16. The molecule has 0 radical (unpaired) electrons. The molecule has 1 aromatic heterocycles. The third-order valence-corrected chi connectivity index (χ3v) is 4.66. The van der Waals surface area contributed by atoms with Crippen molar-refractivity contribution in [2.75, 3.05) is 19.6 Å². The van der Waals surface area contributed by atoms with Crippen LogP contribution in [-0.2, 0) is 14.8 Å². The highest BCUT2D eigenvalue weighted by Gasteiger charge is 2.23. The molecule has 1 aliphatic heterocycles. The second kappa shape index (κ2) is 6.27. The molecule has 0 aromatic carbocycles. The average molecular weight is 315 g/mol. The summed E-state index contributed by atoms with van der Waals surface area (Å²) in [6, 6.07) is 1.27. The highest BCUT2D eigenvalue weighted by atomic mass is 32.2. The molecule has 9 heteroatoms. The van der Waals surface area contributed by atoms with Crippen LogP contribution >= 0.6 is 0 Å². The molecule has 1 aromatic rings. The van der Waals surface area contributed by atoms with E-state index in [0.717, 1.165) is 12.8 Å². The Morgan fingerprint density at radius 2 is 2.00 bits per heavy atom. The molecule has 2 heterocycles. The summed E-state index contributed by atoms with van der Waals surface area (Å²) in [4.78, 5) is 26.7. The van der Waals surface area contributed by atoms with E-state index < -0.39 is 16.0 Å². The molecule has 0 atom stereocenters. The van der Waals surface area contributed by atoms with Gasteiger partial charge in [0.25, 0.3) is 5.91 Å². The van der Waals surface area contributed by atoms with Gasteiger partial charge in [0.1, 0.15) is 10.6 Å². The van der Waals surface area contributed by atoms with Crippen LogP contribution < -0.4 is 4.72 Å². The van der Waals surface area contributed by atoms with Crippen molar-refractivity contribution >= 4 is 21.9 Å². The number of hydrogen-bond donors (Lipinski definition) is 3. The predicted molar refractivity (Wildman–Crippen MR) is 73.4 cm³/mol. The van der Waals surface area contributed by atoms with E-state index in [2.05, 4.69) is 9.71 Å². The largest absolute Gasteiger partial charge is 0.481 e. The van der Waals surface area contributed by atoms with Crippen molar-refractivity contribution in [1.29, 1.82) is 0 Å². The molecule has 0 unspecified atom stereocenters. The molecule has 3 N–H and O–H groups in total. The van der Waals surface area contributed by atoms with Gasteiger partial charge in [0.05, 0.1) is 6.42 Å². The van der Waals surface area contributed by atoms with Crippen molar-refractivity contribution in [2.24, 2.45) is 0 Å². The number of nitrogens with zero attached hydrogens (tertiary/aromatic N) is 1. The fourth-order valence-electron chi connectivity index (χ4n) is 2.12. The van der Waals surface area contributed by atoms with Gasteiger partial charge in [-0.05, 0) is 18.9 Å². The Hall–Kier alpha value is -1.87. The number of aromatic amines is 1. The fraction of sp³-hybridized carbons (Fsp3) is 0.500. The van der Waals surface area contributed by atoms with E-state index in [4.69, 9.17) is 5.11 Å². The van der Waals surface area contributed by atoms with E-state index >= 15 is 0 Å². The molecule has 116 valence electrons. The van der Waals surface area contributed by atoms with Gasteiger partial charge in [0, 0.05) is 25.8 Å². The minimum absolute atomic E-state index is 0.0737. The van der Waals surface area contributed by atoms with Crippen LogP contribution in [0.15, 0.2) is 17.2 Å². The maximum atomic E-state index is 12.1. The van der Waals surface area contributed by atoms with Crippen LogP contribution in [0.25, 0.3) is 0 Å². The maximum Gasteiger partial charge on any atom is 0.304 e. The number of aromatic nitrogens is 1. The van der Waals surface area contributed by atoms with E-state index in [9.17, 15) is 18.0 Å². The fourth-order valence-corrected chi connectivity index (χ4v) is 3.14. The number of carboxylic acid groups (broad SMARTS) is 1. The summed E-state index contributed by atoms with van der Waals surface area (Å²) in [5.74, 6) is -1.31. The molecule has 1 saturated heterocycles. The third kappa shape index (κ3) is 3.82. The lowest BCUT2D eigenvalue weighted by Crippen LogP contribution is -2.28. The number of likely N-dealkylation sites (tertiary alicyclic amines) is 1. The SMILES string of the molecule is O=C(O)CCNS(=O)(=O)c1c[nH]c(C(=O)N2CCCC2)c1. The zero-order valence-electron chi connectivity index (χ0n) is 11.3. The van der Waals surface area contributed by atoms with Crippen LogP contribution in [0.4, 0.5) is 0 Å². The average Bonchev–Trinajstić information content (AvgIpc) is 3.09. The van der Waals surface area contributed by atoms with Gasteiger partial charge >= 0.3 is 5.97 Å². The van der Waals surface area contributed by atoms with Crippen LogP contribution in [-0.4, -0.2) is 54.9 Å². The Morgan fingerprint density at radius 3 is 2.62 bits per heavy atom. The molecule has 0 spiro atoms. The van der Waals surface area contributed by atoms with Crippen molar-refractivity contribution in [2.45, 2.75) is 24.2 Å². The number of carbonyl (C=O) groups is 2. The lowest BCUT2D eigenvalue weighted by Gasteiger charge is -2.13. The number of aliphatic carboxylic acids is 1. The maximum absolute atomic E-state index is 12.1. The van der Waals surface area contributed by atoms with Gasteiger partial charge in [-0.2, -0.15) is 0 Å². The number of carbonyl (C=O) groups excluding carboxylic acids is 1. The summed E-state index contributed by atoms with van der Waals surface area (Å²) in [6.07, 6.45) is 2.83. The van der Waals surface area contributed by atoms with Crippen LogP contribution in [0.1, 0.15) is 29.8 Å². The summed E-state index contributed by atoms with van der Waals surface area (Å²) in [5.41, 5.74) is 0.218. The van der Waals surface area contributed by atoms with Crippen LogP contribution in [0.2, 0.25) is 0 Å². The van der Waals surface area contributed by atoms with Crippen LogP contribution in [0, 0.1) is 0 Å². The number of sulfonamides is 1. The summed E-state index contributed by atoms with van der Waals surface area (Å²) < 4.78 is 26.0. The molecule has 0 bridgehead atoms. The van der Waals surface area contributed by atoms with Crippen molar-refractivity contribution in [3.63, 3.8) is 0 Å². The topological polar surface area (TPSA) is 120 Å². The lowest BCUT2D eigenvalue weighted by molar-refractivity contribution is -0.136. The first-order chi connectivity index (χ1) is 9.90. The molecule has 0 saturated carbocycles. The molecule has 21 heavy (non-hydrogen) atoms. The highest BCUT2D eigenvalue weighted by Crippen LogP contribution is 2.15. The first kappa shape index (κ1) is 15.5. The van der Waals surface area contributed by atoms with Crippen molar-refractivity contribution < 1.29 is 23.1 Å². The van der Waals surface area contributed by atoms with Gasteiger partial charge in [-0.1, -0.05) is 0 Å². The summed E-state index contributed by atoms with van der Waals surface area (Å²) in [5, 5.41) is 8.49. The lowest BCUT2D eigenvalue weighted by atomic mass is 10.4. The standard InChI is InChI=1S/C12H17N3O5S/c16-11(17)3-4-14-21(19,20)9-7-10(13-8-9)12(18)15-5-1-2-6-15/h7-8,13-14H,1-6H2,(H,16,17). The molecule has 1 amide bonds. The summed E-state index contributed by atoms with van der Waals surface area (Å²) >= 11 is 0. The van der Waals surface area contributed by atoms with Gasteiger partial charge in [0.2, 0.25) is 10.0 Å². The first-order valence-corrected chi connectivity index (χ1v) is 8.07. The zero-order valence-corrected chi connectivity index (χ0v) is 12.1. The Morgan fingerprint density at radius 1 is 1.33 bits per heavy atom. The van der Waals surface area contributed by atoms with Gasteiger partial charge in [-0.25, -0.2) is 13.1 Å². The number of rotatable bonds is 6. The molecule has 2 rings (SSSR count). The molecule has 8 nitrogen and oxygen atoms in total. The van der Waals surface area contributed by atoms with E-state index in [1.807, 2.05) is 0 Å². The molecule has 1 fully saturated rings. The van der Waals surface area contributed by atoms with Gasteiger partial charge < -0.3 is 15.0 Å². The smallest absolute Gasteiger partial charge is 0.304 e. The Labute approximate surface area is 122 Å². The quantitative estimate of drug-likeness (QED) is 0.683. The second-order valence-electron chi connectivity index (χ2n) is 4.79. The number of carboxylic acids is 1. The minimum Gasteiger partial charge on any atom is -0.481 e. The highest BCUT2D eigenvalue weighted by molar-refractivity contribution is 7.89. The van der Waals surface area contributed by atoms with Crippen molar-refractivity contribution in [3.05, 3.63) is 18.0 Å². The van der Waals surface area contributed by atoms with Crippen molar-refractivity contribution in [1.82, 2.24) is 14.6 Å². The minimum atomic E-state index is -3.81. The van der Waals surface area contributed by atoms with E-state index in [1.165, 1.54) is 12.3 Å². The molecular formula is C12H17N3O5S. The monoisotopic (exact) mass is 315 g/mol. The van der Waals surface area contributed by atoms with E-state index in [0.29, 0.717) is 13.1 Å². The normalized spacial score (nSPS) is 15.3. The molecular weight excluding hydrogens is 298 g/mol. The summed E-state index contributed by atoms with van der Waals surface area (Å²) in [7, 11) is -3.81. The van der Waals surface area contributed by atoms with Gasteiger partial charge in [-0.3, -0.25) is 9.59 Å². The number of hydrogen-bond acceptors (Lipinski definition) is 4. The molecule has 1 aliphatic rings. The number of nitrogens with one attached hydrogen (secondary N) is 2. The predicted octanol–water partition coefficient (Wildman–Crippen LogP) is 0.00370. The van der Waals surface area contributed by atoms with Gasteiger partial charge in [-0.15, -0.1) is 0 Å². The van der Waals surface area contributed by atoms with Crippen LogP contribution in [0.5, 0.6) is 0 Å². The third-order valence-electron chi connectivity index (χ3n) is 3.22. The zero-order chi connectivity index (χ0) is 15.5. The van der Waals surface area contributed by atoms with Crippen LogP contribution in [0.3, 0.4) is 0 Å². The van der Waals surface area contributed by atoms with Gasteiger partial charge in [0.15, 0.2) is 0 Å². The first-order valence-electron chi connectivity index (χ1n) is 6.59. The van der Waals surface area contributed by atoms with E-state index in [-0.39, 0.29) is 29.5 Å². The Balaban J connectivity index is 2.04. The van der Waals surface area contributed by atoms with E-state index in [1.54, 1.807) is 4.90 Å². The van der Waals surface area contributed by atoms with Crippen molar-refractivity contribution in [3.8, 4) is 0 Å². The number of amides is 1. The Bertz CT molecular complexity index is 631. The molecule has 0 aliphatic carbocycles.